The minimum atomic E-state index is -3.74. The van der Waals surface area contributed by atoms with Crippen LogP contribution in [0.1, 0.15) is 17.3 Å². The fourth-order valence-corrected chi connectivity index (χ4v) is 2.12. The number of carbonyl (C=O) groups excluding carboxylic acids is 1. The first-order valence-corrected chi connectivity index (χ1v) is 6.79. The largest absolute Gasteiger partial charge is 0.346 e. The summed E-state index contributed by atoms with van der Waals surface area (Å²) >= 11 is 1.41. The van der Waals surface area contributed by atoms with Crippen molar-refractivity contribution in [3.05, 3.63) is 22.4 Å². The molecular weight excluding hydrogens is 238 g/mol. The fourth-order valence-electron chi connectivity index (χ4n) is 0.985. The van der Waals surface area contributed by atoms with E-state index in [1.165, 1.54) is 11.3 Å². The molecule has 0 bridgehead atoms. The zero-order chi connectivity index (χ0) is 11.5. The maximum absolute atomic E-state index is 11.1. The first-order valence-electron chi connectivity index (χ1n) is 4.10. The van der Waals surface area contributed by atoms with E-state index in [4.69, 9.17) is 5.73 Å². The van der Waals surface area contributed by atoms with Crippen molar-refractivity contribution in [2.24, 2.45) is 5.73 Å². The molecule has 0 saturated carbocycles. The molecule has 0 radical (unpaired) electrons. The molecule has 5 nitrogen and oxygen atoms in total. The molecule has 0 saturated heterocycles. The molecule has 0 unspecified atom stereocenters. The van der Waals surface area contributed by atoms with Crippen molar-refractivity contribution in [2.45, 2.75) is 12.5 Å². The topological polar surface area (TPSA) is 86.5 Å². The maximum Gasteiger partial charge on any atom is 0.324 e. The zero-order valence-corrected chi connectivity index (χ0v) is 9.68. The quantitative estimate of drug-likeness (QED) is 0.791. The van der Waals surface area contributed by atoms with Crippen LogP contribution in [0.3, 0.4) is 0 Å². The van der Waals surface area contributed by atoms with Crippen molar-refractivity contribution in [2.75, 3.05) is 6.26 Å². The monoisotopic (exact) mass is 249 g/mol. The van der Waals surface area contributed by atoms with Gasteiger partial charge < -0.3 is 9.92 Å². The van der Waals surface area contributed by atoms with Crippen molar-refractivity contribution < 1.29 is 17.4 Å². The van der Waals surface area contributed by atoms with Crippen LogP contribution in [0, 0.1) is 0 Å². The Morgan fingerprint density at radius 1 is 1.67 bits per heavy atom. The number of rotatable bonds is 4. The lowest BCUT2D eigenvalue weighted by atomic mass is 10.2. The summed E-state index contributed by atoms with van der Waals surface area (Å²) < 4.78 is 25.4. The highest BCUT2D eigenvalue weighted by molar-refractivity contribution is 7.86. The second kappa shape index (κ2) is 4.73. The van der Waals surface area contributed by atoms with E-state index < -0.39 is 22.1 Å². The number of hydrogen-bond donors (Lipinski definition) is 1. The van der Waals surface area contributed by atoms with Crippen molar-refractivity contribution in [3.8, 4) is 0 Å². The van der Waals surface area contributed by atoms with Crippen molar-refractivity contribution >= 4 is 27.4 Å². The summed E-state index contributed by atoms with van der Waals surface area (Å²) in [6, 6.07) is 3.07. The van der Waals surface area contributed by atoms with Crippen molar-refractivity contribution in [3.63, 3.8) is 0 Å². The minimum Gasteiger partial charge on any atom is -0.346 e. The van der Waals surface area contributed by atoms with Gasteiger partial charge in [-0.05, 0) is 11.4 Å². The van der Waals surface area contributed by atoms with E-state index in [0.29, 0.717) is 0 Å². The predicted molar refractivity (Wildman–Crippen MR) is 56.8 cm³/mol. The van der Waals surface area contributed by atoms with E-state index in [2.05, 4.69) is 4.18 Å². The Labute approximate surface area is 92.0 Å². The molecule has 0 spiro atoms. The van der Waals surface area contributed by atoms with Gasteiger partial charge in [0.15, 0.2) is 0 Å². The summed E-state index contributed by atoms with van der Waals surface area (Å²) in [4.78, 5) is 11.9. The Hall–Kier alpha value is -0.920. The third-order valence-electron chi connectivity index (χ3n) is 1.54. The average Bonchev–Trinajstić information content (AvgIpc) is 2.50. The Balaban J connectivity index is 2.53. The van der Waals surface area contributed by atoms with Gasteiger partial charge in [-0.2, -0.15) is 8.42 Å². The van der Waals surface area contributed by atoms with E-state index in [1.54, 1.807) is 6.07 Å². The minimum absolute atomic E-state index is 0.145. The highest BCUT2D eigenvalue weighted by Gasteiger charge is 2.17. The molecule has 0 aromatic carbocycles. The summed E-state index contributed by atoms with van der Waals surface area (Å²) in [6.45, 7) is 0. The van der Waals surface area contributed by atoms with Crippen molar-refractivity contribution in [1.29, 1.82) is 0 Å². The SMILES string of the molecule is CS(=O)(=O)OC(=O)C[C@@H](N)c1cccs1. The van der Waals surface area contributed by atoms with Gasteiger partial charge in [0.2, 0.25) is 0 Å². The normalized spacial score (nSPS) is 13.5. The third kappa shape index (κ3) is 4.41. The van der Waals surface area contributed by atoms with Gasteiger partial charge in [-0.25, -0.2) is 0 Å². The third-order valence-corrected chi connectivity index (χ3v) is 3.03. The van der Waals surface area contributed by atoms with E-state index >= 15 is 0 Å². The van der Waals surface area contributed by atoms with Crippen molar-refractivity contribution in [1.82, 2.24) is 0 Å². The second-order valence-electron chi connectivity index (χ2n) is 2.99. The van der Waals surface area contributed by atoms with E-state index in [0.717, 1.165) is 11.1 Å². The summed E-state index contributed by atoms with van der Waals surface area (Å²) in [5.41, 5.74) is 5.67. The molecule has 84 valence electrons. The lowest BCUT2D eigenvalue weighted by molar-refractivity contribution is -0.134. The highest BCUT2D eigenvalue weighted by atomic mass is 32.2. The fraction of sp³-hybridized carbons (Fsp3) is 0.375. The molecule has 0 fully saturated rings. The summed E-state index contributed by atoms with van der Waals surface area (Å²) in [5, 5.41) is 1.83. The van der Waals surface area contributed by atoms with Gasteiger partial charge in [0.05, 0.1) is 12.7 Å². The summed E-state index contributed by atoms with van der Waals surface area (Å²) in [6.07, 6.45) is 0.676. The second-order valence-corrected chi connectivity index (χ2v) is 5.54. The number of hydrogen-bond acceptors (Lipinski definition) is 6. The molecule has 7 heteroatoms. The molecule has 1 aromatic heterocycles. The van der Waals surface area contributed by atoms with Gasteiger partial charge in [-0.1, -0.05) is 6.07 Å². The molecule has 1 heterocycles. The Bertz CT molecular complexity index is 424. The Morgan fingerprint density at radius 2 is 2.33 bits per heavy atom. The molecule has 15 heavy (non-hydrogen) atoms. The molecule has 0 aliphatic carbocycles. The Kier molecular flexibility index (Phi) is 3.83. The molecule has 1 aromatic rings. The van der Waals surface area contributed by atoms with Crippen LogP contribution in [0.4, 0.5) is 0 Å². The Morgan fingerprint density at radius 3 is 2.80 bits per heavy atom. The van der Waals surface area contributed by atoms with Crippen LogP contribution >= 0.6 is 11.3 Å². The zero-order valence-electron chi connectivity index (χ0n) is 8.04. The van der Waals surface area contributed by atoms with Crippen LogP contribution in [0.2, 0.25) is 0 Å². The molecule has 0 aliphatic heterocycles. The molecule has 0 aliphatic rings. The van der Waals surface area contributed by atoms with Crippen LogP contribution in [0.5, 0.6) is 0 Å². The smallest absolute Gasteiger partial charge is 0.324 e. The summed E-state index contributed by atoms with van der Waals surface area (Å²) in [7, 11) is -3.74. The van der Waals surface area contributed by atoms with Gasteiger partial charge in [0.25, 0.3) is 0 Å². The standard InChI is InChI=1S/C8H11NO4S2/c1-15(11,12)13-8(10)5-6(9)7-3-2-4-14-7/h2-4,6H,5,9H2,1H3/t6-/m1/s1. The maximum atomic E-state index is 11.1. The average molecular weight is 249 g/mol. The lowest BCUT2D eigenvalue weighted by Gasteiger charge is -2.07. The van der Waals surface area contributed by atoms with E-state index in [1.807, 2.05) is 11.4 Å². The number of nitrogens with two attached hydrogens (primary N) is 1. The van der Waals surface area contributed by atoms with Crippen LogP contribution in [0.15, 0.2) is 17.5 Å². The molecule has 1 rings (SSSR count). The van der Waals surface area contributed by atoms with Crippen LogP contribution in [-0.2, 0) is 19.1 Å². The van der Waals surface area contributed by atoms with Gasteiger partial charge in [-0.15, -0.1) is 11.3 Å². The van der Waals surface area contributed by atoms with E-state index in [9.17, 15) is 13.2 Å². The molecular formula is C8H11NO4S2. The van der Waals surface area contributed by atoms with E-state index in [-0.39, 0.29) is 6.42 Å². The predicted octanol–water partition coefficient (Wildman–Crippen LogP) is 0.641. The van der Waals surface area contributed by atoms with Crippen LogP contribution in [0.25, 0.3) is 0 Å². The van der Waals surface area contributed by atoms with Gasteiger partial charge in [0, 0.05) is 10.9 Å². The molecule has 1 atom stereocenters. The molecule has 0 amide bonds. The summed E-state index contributed by atoms with van der Waals surface area (Å²) in [5.74, 6) is -0.835. The van der Waals surface area contributed by atoms with Gasteiger partial charge in [0.1, 0.15) is 0 Å². The number of thiophene rings is 1. The van der Waals surface area contributed by atoms with Gasteiger partial charge >= 0.3 is 16.1 Å². The number of carbonyl (C=O) groups is 1. The lowest BCUT2D eigenvalue weighted by Crippen LogP contribution is -2.18. The van der Waals surface area contributed by atoms with Crippen LogP contribution < -0.4 is 5.73 Å². The first-order chi connectivity index (χ1) is 6.88. The molecule has 2 N–H and O–H groups in total. The van der Waals surface area contributed by atoms with Crippen LogP contribution in [-0.4, -0.2) is 20.6 Å². The highest BCUT2D eigenvalue weighted by Crippen LogP contribution is 2.19. The van der Waals surface area contributed by atoms with Gasteiger partial charge in [-0.3, -0.25) is 4.79 Å². The first kappa shape index (κ1) is 12.2.